The van der Waals surface area contributed by atoms with E-state index >= 15 is 0 Å². The van der Waals surface area contributed by atoms with E-state index in [1.807, 2.05) is 0 Å². The molecule has 0 aromatic rings. The topological polar surface area (TPSA) is 69.6 Å². The van der Waals surface area contributed by atoms with Crippen LogP contribution in [0.3, 0.4) is 0 Å². The summed E-state index contributed by atoms with van der Waals surface area (Å²) in [5, 5.41) is 22.6. The fourth-order valence-electron chi connectivity index (χ4n) is 5.04. The number of carbonyl (C=O) groups excluding carboxylic acids is 1. The Balaban J connectivity index is 3.43. The predicted octanol–water partition coefficient (Wildman–Crippen LogP) is 9.70. The van der Waals surface area contributed by atoms with E-state index in [4.69, 9.17) is 0 Å². The smallest absolute Gasteiger partial charge is 0.246 e. The maximum absolute atomic E-state index is 12.1. The Kier molecular flexibility index (Phi) is 27.0. The zero-order valence-electron chi connectivity index (χ0n) is 24.6. The summed E-state index contributed by atoms with van der Waals surface area (Å²) in [5.41, 5.74) is 0. The predicted molar refractivity (Wildman–Crippen MR) is 156 cm³/mol. The first-order valence-corrected chi connectivity index (χ1v) is 16.3. The van der Waals surface area contributed by atoms with E-state index in [9.17, 15) is 15.0 Å². The fourth-order valence-corrected chi connectivity index (χ4v) is 5.04. The molecule has 36 heavy (non-hydrogen) atoms. The Morgan fingerprint density at radius 2 is 0.750 bits per heavy atom. The van der Waals surface area contributed by atoms with Crippen molar-refractivity contribution in [3.63, 3.8) is 0 Å². The highest BCUT2D eigenvalue weighted by atomic mass is 16.5. The second kappa shape index (κ2) is 27.4. The van der Waals surface area contributed by atoms with Crippen molar-refractivity contribution in [2.75, 3.05) is 0 Å². The molecular formula is C32H65NO3. The highest BCUT2D eigenvalue weighted by molar-refractivity contribution is 5.76. The van der Waals surface area contributed by atoms with E-state index in [-0.39, 0.29) is 12.3 Å². The summed E-state index contributed by atoms with van der Waals surface area (Å²) in [4.78, 5) is 12.1. The van der Waals surface area contributed by atoms with E-state index in [0.717, 1.165) is 32.1 Å². The number of rotatable bonds is 29. The van der Waals surface area contributed by atoms with Gasteiger partial charge in [-0.05, 0) is 12.8 Å². The Bertz CT molecular complexity index is 453. The van der Waals surface area contributed by atoms with Crippen LogP contribution in [0.1, 0.15) is 194 Å². The molecule has 0 aromatic heterocycles. The molecular weight excluding hydrogens is 446 g/mol. The normalized spacial score (nSPS) is 11.8. The summed E-state index contributed by atoms with van der Waals surface area (Å²) in [5.74, 6) is -2.29. The molecule has 0 atom stereocenters. The van der Waals surface area contributed by atoms with E-state index in [0.29, 0.717) is 6.42 Å². The molecule has 0 aromatic carbocycles. The maximum atomic E-state index is 12.1. The quantitative estimate of drug-likeness (QED) is 0.0691. The van der Waals surface area contributed by atoms with Gasteiger partial charge in [0.05, 0.1) is 0 Å². The lowest BCUT2D eigenvalue weighted by molar-refractivity contribution is -0.194. The summed E-state index contributed by atoms with van der Waals surface area (Å²) in [6, 6.07) is 0. The van der Waals surface area contributed by atoms with Crippen molar-refractivity contribution < 1.29 is 15.0 Å². The largest absolute Gasteiger partial charge is 0.349 e. The zero-order valence-corrected chi connectivity index (χ0v) is 24.6. The second-order valence-corrected chi connectivity index (χ2v) is 11.4. The van der Waals surface area contributed by atoms with Gasteiger partial charge in [-0.25, -0.2) is 0 Å². The Hall–Kier alpha value is -0.610. The van der Waals surface area contributed by atoms with Gasteiger partial charge in [-0.15, -0.1) is 0 Å². The average Bonchev–Trinajstić information content (AvgIpc) is 2.84. The Morgan fingerprint density at radius 3 is 1.08 bits per heavy atom. The molecule has 0 spiro atoms. The first-order chi connectivity index (χ1) is 17.5. The van der Waals surface area contributed by atoms with E-state index in [1.165, 1.54) is 135 Å². The minimum Gasteiger partial charge on any atom is -0.349 e. The number of hydrogen-bond acceptors (Lipinski definition) is 3. The number of carbonyl (C=O) groups is 1. The molecule has 1 amide bonds. The van der Waals surface area contributed by atoms with Gasteiger partial charge in [0.1, 0.15) is 0 Å². The molecule has 0 bridgehead atoms. The molecule has 216 valence electrons. The van der Waals surface area contributed by atoms with Crippen LogP contribution in [-0.4, -0.2) is 22.0 Å². The second-order valence-electron chi connectivity index (χ2n) is 11.4. The molecule has 4 heteroatoms. The molecule has 0 saturated carbocycles. The van der Waals surface area contributed by atoms with Gasteiger partial charge in [0.2, 0.25) is 11.8 Å². The molecule has 0 fully saturated rings. The highest BCUT2D eigenvalue weighted by Gasteiger charge is 2.24. The monoisotopic (exact) mass is 511 g/mol. The third-order valence-electron chi connectivity index (χ3n) is 7.48. The van der Waals surface area contributed by atoms with Crippen LogP contribution in [0, 0.1) is 0 Å². The summed E-state index contributed by atoms with van der Waals surface area (Å²) in [7, 11) is 0. The lowest BCUT2D eigenvalue weighted by Crippen LogP contribution is -2.48. The minimum atomic E-state index is -2.05. The van der Waals surface area contributed by atoms with E-state index in [2.05, 4.69) is 19.2 Å². The van der Waals surface area contributed by atoms with Crippen LogP contribution in [0.2, 0.25) is 0 Å². The summed E-state index contributed by atoms with van der Waals surface area (Å²) in [6.07, 6.45) is 33.5. The first kappa shape index (κ1) is 35.4. The fraction of sp³-hybridized carbons (Fsp3) is 0.969. The number of aliphatic hydroxyl groups is 2. The average molecular weight is 512 g/mol. The van der Waals surface area contributed by atoms with E-state index in [1.54, 1.807) is 0 Å². The van der Waals surface area contributed by atoms with Crippen LogP contribution >= 0.6 is 0 Å². The summed E-state index contributed by atoms with van der Waals surface area (Å²) >= 11 is 0. The van der Waals surface area contributed by atoms with Crippen molar-refractivity contribution in [2.45, 2.75) is 200 Å². The number of hydrogen-bond donors (Lipinski definition) is 3. The highest BCUT2D eigenvalue weighted by Crippen LogP contribution is 2.16. The van der Waals surface area contributed by atoms with E-state index < -0.39 is 5.91 Å². The van der Waals surface area contributed by atoms with Gasteiger partial charge >= 0.3 is 0 Å². The van der Waals surface area contributed by atoms with Gasteiger partial charge in [-0.1, -0.05) is 168 Å². The molecule has 0 unspecified atom stereocenters. The summed E-state index contributed by atoms with van der Waals surface area (Å²) < 4.78 is 0. The van der Waals surface area contributed by atoms with Crippen LogP contribution in [-0.2, 0) is 4.79 Å². The molecule has 3 N–H and O–H groups in total. The molecule has 0 heterocycles. The van der Waals surface area contributed by atoms with Crippen LogP contribution in [0.15, 0.2) is 0 Å². The summed E-state index contributed by atoms with van der Waals surface area (Å²) in [6.45, 7) is 4.53. The van der Waals surface area contributed by atoms with Crippen molar-refractivity contribution in [2.24, 2.45) is 0 Å². The molecule has 0 radical (unpaired) electrons. The van der Waals surface area contributed by atoms with Crippen LogP contribution < -0.4 is 5.32 Å². The van der Waals surface area contributed by atoms with Gasteiger partial charge in [-0.3, -0.25) is 4.79 Å². The third-order valence-corrected chi connectivity index (χ3v) is 7.48. The SMILES string of the molecule is CCCCCCCCCCCCCCCC(=O)NC(O)(O)CCCCCCCCCCCCCCC. The number of nitrogens with one attached hydrogen (secondary N) is 1. The van der Waals surface area contributed by atoms with Gasteiger partial charge < -0.3 is 15.5 Å². The van der Waals surface area contributed by atoms with Crippen LogP contribution in [0.4, 0.5) is 0 Å². The number of amides is 1. The lowest BCUT2D eigenvalue weighted by Gasteiger charge is -2.23. The lowest BCUT2D eigenvalue weighted by atomic mass is 10.0. The van der Waals surface area contributed by atoms with Crippen LogP contribution in [0.25, 0.3) is 0 Å². The minimum absolute atomic E-state index is 0.217. The van der Waals surface area contributed by atoms with Gasteiger partial charge in [0.25, 0.3) is 0 Å². The molecule has 0 saturated heterocycles. The molecule has 0 rings (SSSR count). The van der Waals surface area contributed by atoms with Gasteiger partial charge in [-0.2, -0.15) is 0 Å². The van der Waals surface area contributed by atoms with Crippen molar-refractivity contribution in [3.8, 4) is 0 Å². The third kappa shape index (κ3) is 28.0. The zero-order chi connectivity index (χ0) is 26.6. The maximum Gasteiger partial charge on any atom is 0.246 e. The molecule has 0 aliphatic heterocycles. The Labute approximate surface area is 225 Å². The van der Waals surface area contributed by atoms with Crippen molar-refractivity contribution in [3.05, 3.63) is 0 Å². The molecule has 4 nitrogen and oxygen atoms in total. The van der Waals surface area contributed by atoms with Crippen molar-refractivity contribution in [1.82, 2.24) is 5.32 Å². The molecule has 0 aliphatic carbocycles. The Morgan fingerprint density at radius 1 is 0.472 bits per heavy atom. The van der Waals surface area contributed by atoms with Gasteiger partial charge in [0.15, 0.2) is 0 Å². The van der Waals surface area contributed by atoms with Crippen LogP contribution in [0.5, 0.6) is 0 Å². The van der Waals surface area contributed by atoms with Gasteiger partial charge in [0, 0.05) is 12.8 Å². The van der Waals surface area contributed by atoms with Crippen molar-refractivity contribution in [1.29, 1.82) is 0 Å². The molecule has 0 aliphatic rings. The first-order valence-electron chi connectivity index (χ1n) is 16.3. The number of unbranched alkanes of at least 4 members (excludes halogenated alkanes) is 24. The standard InChI is InChI=1S/C32H65NO3/c1-3-5-7-9-11-13-15-17-19-21-23-25-27-29-31(34)33-32(35,36)30-28-26-24-22-20-18-16-14-12-10-8-6-4-2/h35-36H,3-30H2,1-2H3,(H,33,34). The van der Waals surface area contributed by atoms with Crippen molar-refractivity contribution >= 4 is 5.91 Å².